The second kappa shape index (κ2) is 5.81. The van der Waals surface area contributed by atoms with Gasteiger partial charge in [0.15, 0.2) is 0 Å². The minimum Gasteiger partial charge on any atom is -0.480 e. The predicted octanol–water partition coefficient (Wildman–Crippen LogP) is 3.34. The van der Waals surface area contributed by atoms with E-state index in [1.807, 2.05) is 19.2 Å². The van der Waals surface area contributed by atoms with Crippen LogP contribution in [0.5, 0.6) is 5.88 Å². The maximum absolute atomic E-state index is 5.37. The van der Waals surface area contributed by atoms with Crippen LogP contribution < -0.4 is 9.92 Å². The lowest BCUT2D eigenvalue weighted by atomic mass is 10.2. The van der Waals surface area contributed by atoms with Crippen LogP contribution in [0.25, 0.3) is 11.0 Å². The molecule has 5 heteroatoms. The van der Waals surface area contributed by atoms with Crippen molar-refractivity contribution in [3.8, 4) is 5.88 Å². The van der Waals surface area contributed by atoms with E-state index in [0.29, 0.717) is 5.88 Å². The highest BCUT2D eigenvalue weighted by Gasteiger charge is 2.16. The smallest absolute Gasteiger partial charge is 0.226 e. The lowest BCUT2D eigenvalue weighted by molar-refractivity contribution is 0.401. The summed E-state index contributed by atoms with van der Waals surface area (Å²) in [6.45, 7) is 9.80. The zero-order valence-corrected chi connectivity index (χ0v) is 15.4. The van der Waals surface area contributed by atoms with E-state index >= 15 is 0 Å². The van der Waals surface area contributed by atoms with Gasteiger partial charge < -0.3 is 9.30 Å². The van der Waals surface area contributed by atoms with Crippen LogP contribution in [0.3, 0.4) is 0 Å². The van der Waals surface area contributed by atoms with Crippen molar-refractivity contribution in [3.05, 3.63) is 47.9 Å². The first-order valence-electron chi connectivity index (χ1n) is 7.85. The maximum Gasteiger partial charge on any atom is 0.226 e. The average molecular weight is 325 g/mol. The maximum atomic E-state index is 5.37. The van der Waals surface area contributed by atoms with Crippen molar-refractivity contribution in [2.45, 2.75) is 33.1 Å². The number of methoxy groups -OCH3 is 1. The van der Waals surface area contributed by atoms with Gasteiger partial charge in [-0.1, -0.05) is 49.1 Å². The highest BCUT2D eigenvalue weighted by Crippen LogP contribution is 2.23. The summed E-state index contributed by atoms with van der Waals surface area (Å²) >= 11 is 0. The molecule has 2 aromatic heterocycles. The third-order valence-electron chi connectivity index (χ3n) is 4.06. The zero-order valence-electron chi connectivity index (χ0n) is 14.4. The van der Waals surface area contributed by atoms with E-state index in [0.717, 1.165) is 23.4 Å². The van der Waals surface area contributed by atoms with Crippen LogP contribution in [0.4, 0.5) is 0 Å². The van der Waals surface area contributed by atoms with Crippen molar-refractivity contribution < 1.29 is 4.74 Å². The van der Waals surface area contributed by atoms with Crippen LogP contribution >= 0.6 is 0 Å². The van der Waals surface area contributed by atoms with Gasteiger partial charge in [0.2, 0.25) is 5.88 Å². The lowest BCUT2D eigenvalue weighted by Crippen LogP contribution is -2.37. The molecule has 0 bridgehead atoms. The van der Waals surface area contributed by atoms with Gasteiger partial charge in [0.25, 0.3) is 0 Å². The molecule has 0 aliphatic heterocycles. The highest BCUT2D eigenvalue weighted by molar-refractivity contribution is 6.88. The molecule has 0 spiro atoms. The molecule has 0 N–H and O–H groups in total. The van der Waals surface area contributed by atoms with E-state index in [4.69, 9.17) is 4.74 Å². The summed E-state index contributed by atoms with van der Waals surface area (Å²) < 4.78 is 7.51. The molecule has 3 aromatic rings. The van der Waals surface area contributed by atoms with Gasteiger partial charge in [-0.15, -0.1) is 0 Å². The number of aromatic nitrogens is 3. The molecule has 0 unspecified atom stereocenters. The van der Waals surface area contributed by atoms with Crippen LogP contribution in [0.1, 0.15) is 11.4 Å². The number of aryl methyl sites for hydroxylation is 1. The quantitative estimate of drug-likeness (QED) is 0.691. The zero-order chi connectivity index (χ0) is 16.6. The number of ether oxygens (including phenoxy) is 1. The minimum atomic E-state index is -1.24. The van der Waals surface area contributed by atoms with Crippen molar-refractivity contribution in [2.75, 3.05) is 7.11 Å². The molecule has 0 saturated carbocycles. The van der Waals surface area contributed by atoms with Gasteiger partial charge >= 0.3 is 0 Å². The van der Waals surface area contributed by atoms with E-state index in [9.17, 15) is 0 Å². The Bertz CT molecular complexity index is 832. The number of fused-ring (bicyclic) bond motifs is 1. The van der Waals surface area contributed by atoms with Crippen LogP contribution in [-0.2, 0) is 6.54 Å². The molecule has 120 valence electrons. The monoisotopic (exact) mass is 325 g/mol. The summed E-state index contributed by atoms with van der Waals surface area (Å²) in [5, 5.41) is 2.44. The predicted molar refractivity (Wildman–Crippen MR) is 97.3 cm³/mol. The van der Waals surface area contributed by atoms with Crippen molar-refractivity contribution in [1.29, 1.82) is 0 Å². The molecule has 23 heavy (non-hydrogen) atoms. The number of nitrogens with zero attached hydrogens (tertiary/aromatic N) is 3. The Hall–Kier alpha value is -2.14. The lowest BCUT2D eigenvalue weighted by Gasteiger charge is -2.17. The summed E-state index contributed by atoms with van der Waals surface area (Å²) in [5.41, 5.74) is 2.20. The molecule has 4 nitrogen and oxygen atoms in total. The fraction of sp³-hybridized carbons (Fsp3) is 0.333. The number of hydrogen-bond acceptors (Lipinski definition) is 3. The molecule has 1 aromatic carbocycles. The van der Waals surface area contributed by atoms with Crippen molar-refractivity contribution >= 4 is 24.3 Å². The fourth-order valence-electron chi connectivity index (χ4n) is 2.73. The summed E-state index contributed by atoms with van der Waals surface area (Å²) in [6.07, 6.45) is 2.05. The molecule has 2 heterocycles. The summed E-state index contributed by atoms with van der Waals surface area (Å²) in [4.78, 5) is 8.91. The summed E-state index contributed by atoms with van der Waals surface area (Å²) in [6, 6.07) is 11.0. The second-order valence-corrected chi connectivity index (χ2v) is 12.0. The van der Waals surface area contributed by atoms with Gasteiger partial charge in [-0.25, -0.2) is 4.98 Å². The molecular weight excluding hydrogens is 302 g/mol. The molecule has 0 atom stereocenters. The first-order valence-corrected chi connectivity index (χ1v) is 11.4. The van der Waals surface area contributed by atoms with Gasteiger partial charge in [0, 0.05) is 12.7 Å². The molecule has 0 fully saturated rings. The Kier molecular flexibility index (Phi) is 3.98. The number of benzene rings is 1. The van der Waals surface area contributed by atoms with Gasteiger partial charge in [-0.2, -0.15) is 4.98 Å². The van der Waals surface area contributed by atoms with Crippen LogP contribution in [-0.4, -0.2) is 29.7 Å². The van der Waals surface area contributed by atoms with Crippen molar-refractivity contribution in [3.63, 3.8) is 0 Å². The Morgan fingerprint density at radius 2 is 1.74 bits per heavy atom. The van der Waals surface area contributed by atoms with Crippen LogP contribution in [0.15, 0.2) is 36.5 Å². The molecule has 0 aliphatic rings. The molecule has 3 rings (SSSR count). The van der Waals surface area contributed by atoms with E-state index in [2.05, 4.69) is 58.4 Å². The molecular formula is C18H23N3OSi. The number of hydrogen-bond donors (Lipinski definition) is 0. The first-order chi connectivity index (χ1) is 10.9. The fourth-order valence-corrected chi connectivity index (χ4v) is 3.90. The third kappa shape index (κ3) is 3.15. The van der Waals surface area contributed by atoms with Gasteiger partial charge in [0.05, 0.1) is 20.6 Å². The second-order valence-electron chi connectivity index (χ2n) is 6.91. The van der Waals surface area contributed by atoms with E-state index < -0.39 is 8.07 Å². The van der Waals surface area contributed by atoms with Crippen LogP contribution in [0, 0.1) is 6.92 Å². The number of rotatable bonds is 4. The summed E-state index contributed by atoms with van der Waals surface area (Å²) in [7, 11) is 0.404. The van der Waals surface area contributed by atoms with Gasteiger partial charge in [0.1, 0.15) is 11.5 Å². The first kappa shape index (κ1) is 15.7. The van der Waals surface area contributed by atoms with E-state index in [1.165, 1.54) is 10.8 Å². The Morgan fingerprint density at radius 3 is 2.35 bits per heavy atom. The minimum absolute atomic E-state index is 0.639. The van der Waals surface area contributed by atoms with Crippen molar-refractivity contribution in [2.24, 2.45) is 0 Å². The molecule has 0 saturated heterocycles. The SMILES string of the molecule is COc1nc(C)nc2c1ccn2Cc1ccc([Si](C)(C)C)cc1. The van der Waals surface area contributed by atoms with E-state index in [1.54, 1.807) is 7.11 Å². The van der Waals surface area contributed by atoms with Gasteiger partial charge in [-0.05, 0) is 18.6 Å². The topological polar surface area (TPSA) is 39.9 Å². The Labute approximate surface area is 138 Å². The standard InChI is InChI=1S/C18H23N3OSi/c1-13-19-17-16(18(20-13)22-2)10-11-21(17)12-14-6-8-15(9-7-14)23(3,4)5/h6-11H,12H2,1-5H3. The highest BCUT2D eigenvalue weighted by atomic mass is 28.3. The average Bonchev–Trinajstić information content (AvgIpc) is 2.89. The molecule has 0 radical (unpaired) electrons. The molecule has 0 aliphatic carbocycles. The largest absolute Gasteiger partial charge is 0.480 e. The third-order valence-corrected chi connectivity index (χ3v) is 6.13. The Morgan fingerprint density at radius 1 is 1.04 bits per heavy atom. The normalized spacial score (nSPS) is 11.9. The van der Waals surface area contributed by atoms with Gasteiger partial charge in [-0.3, -0.25) is 0 Å². The van der Waals surface area contributed by atoms with Crippen molar-refractivity contribution in [1.82, 2.24) is 14.5 Å². The van der Waals surface area contributed by atoms with Crippen LogP contribution in [0.2, 0.25) is 19.6 Å². The van der Waals surface area contributed by atoms with E-state index in [-0.39, 0.29) is 0 Å². The summed E-state index contributed by atoms with van der Waals surface area (Å²) in [5.74, 6) is 1.36. The molecule has 0 amide bonds. The Balaban J connectivity index is 1.94.